The molecule has 1 aliphatic carbocycles. The third-order valence-corrected chi connectivity index (χ3v) is 8.52. The molecule has 0 aromatic heterocycles. The van der Waals surface area contributed by atoms with Crippen molar-refractivity contribution in [1.29, 1.82) is 0 Å². The van der Waals surface area contributed by atoms with Crippen molar-refractivity contribution >= 4 is 29.4 Å². The fourth-order valence-corrected chi connectivity index (χ4v) is 5.52. The van der Waals surface area contributed by atoms with Crippen molar-refractivity contribution in [1.82, 2.24) is 25.9 Å². The number of benzene rings is 1. The second-order valence-corrected chi connectivity index (χ2v) is 12.1. The van der Waals surface area contributed by atoms with Crippen molar-refractivity contribution < 1.29 is 23.9 Å². The standard InChI is InChI=1S/C34H50N8O6/c1-5-25-12-13-28(20-27(25)22-41(4)40-47)38-33(45)32(23(2)8-7-16-36-34(35)46)39-29(26-9-6-10-26)21-37-30(43)15-18-48-19-17-42-24(3)11-14-31(42)44/h11-14,20,23,32,39H,3,5-10,15-19,21-22H2,1-2,4H3,(H,37,43)(H,38,45)(H3,35,36,46). The van der Waals surface area contributed by atoms with Crippen LogP contribution in [0.1, 0.15) is 63.5 Å². The lowest BCUT2D eigenvalue weighted by Crippen LogP contribution is -2.47. The second-order valence-electron chi connectivity index (χ2n) is 12.1. The molecule has 1 aromatic rings. The summed E-state index contributed by atoms with van der Waals surface area (Å²) in [5.41, 5.74) is 10.4. The Labute approximate surface area is 282 Å². The summed E-state index contributed by atoms with van der Waals surface area (Å²) in [7, 11) is 1.60. The number of carbonyl (C=O) groups excluding carboxylic acids is 4. The number of nitrogens with one attached hydrogen (secondary N) is 4. The van der Waals surface area contributed by atoms with Crippen molar-refractivity contribution in [3.05, 3.63) is 69.9 Å². The molecule has 1 aromatic carbocycles. The molecule has 14 nitrogen and oxygen atoms in total. The van der Waals surface area contributed by atoms with Gasteiger partial charge >= 0.3 is 6.03 Å². The third-order valence-electron chi connectivity index (χ3n) is 8.52. The first kappa shape index (κ1) is 37.7. The number of nitroso groups, excluding NO2 is 1. The number of anilines is 1. The second kappa shape index (κ2) is 19.2. The predicted molar refractivity (Wildman–Crippen MR) is 184 cm³/mol. The minimum atomic E-state index is -0.645. The molecule has 0 saturated heterocycles. The highest BCUT2D eigenvalue weighted by atomic mass is 16.5. The first-order chi connectivity index (χ1) is 23.0. The summed E-state index contributed by atoms with van der Waals surface area (Å²) in [6.45, 7) is 9.60. The molecule has 2 unspecified atom stereocenters. The molecule has 2 aliphatic rings. The largest absolute Gasteiger partial charge is 0.379 e. The van der Waals surface area contributed by atoms with Crippen LogP contribution in [0.15, 0.2) is 59.2 Å². The van der Waals surface area contributed by atoms with Gasteiger partial charge in [0.2, 0.25) is 11.8 Å². The van der Waals surface area contributed by atoms with Crippen LogP contribution in [0.2, 0.25) is 0 Å². The van der Waals surface area contributed by atoms with Crippen LogP contribution in [0.5, 0.6) is 0 Å². The van der Waals surface area contributed by atoms with E-state index in [0.717, 1.165) is 48.1 Å². The van der Waals surface area contributed by atoms with Crippen LogP contribution in [-0.4, -0.2) is 79.6 Å². The van der Waals surface area contributed by atoms with Gasteiger partial charge in [0.05, 0.1) is 31.6 Å². The predicted octanol–water partition coefficient (Wildman–Crippen LogP) is 3.22. The highest BCUT2D eigenvalue weighted by Gasteiger charge is 2.28. The average molecular weight is 667 g/mol. The Kier molecular flexibility index (Phi) is 15.1. The molecule has 2 atom stereocenters. The first-order valence-corrected chi connectivity index (χ1v) is 16.5. The minimum absolute atomic E-state index is 0.131. The number of urea groups is 1. The number of allylic oxidation sites excluding steroid dienone is 2. The van der Waals surface area contributed by atoms with E-state index >= 15 is 0 Å². The molecule has 48 heavy (non-hydrogen) atoms. The van der Waals surface area contributed by atoms with Gasteiger partial charge in [-0.15, -0.1) is 4.91 Å². The molecule has 0 spiro atoms. The zero-order chi connectivity index (χ0) is 35.1. The highest BCUT2D eigenvalue weighted by Crippen LogP contribution is 2.29. The van der Waals surface area contributed by atoms with Crippen molar-refractivity contribution in [3.8, 4) is 0 Å². The lowest BCUT2D eigenvalue weighted by molar-refractivity contribution is -0.125. The van der Waals surface area contributed by atoms with Gasteiger partial charge in [0.15, 0.2) is 0 Å². The summed E-state index contributed by atoms with van der Waals surface area (Å²) in [5, 5.41) is 16.3. The van der Waals surface area contributed by atoms with Gasteiger partial charge in [-0.05, 0) is 79.4 Å². The van der Waals surface area contributed by atoms with Gasteiger partial charge in [-0.3, -0.25) is 19.4 Å². The number of primary amides is 1. The molecule has 14 heteroatoms. The highest BCUT2D eigenvalue weighted by molar-refractivity contribution is 5.95. The zero-order valence-electron chi connectivity index (χ0n) is 28.3. The van der Waals surface area contributed by atoms with Crippen LogP contribution in [0.4, 0.5) is 10.5 Å². The van der Waals surface area contributed by atoms with Crippen molar-refractivity contribution in [2.75, 3.05) is 45.2 Å². The Morgan fingerprint density at radius 1 is 1.15 bits per heavy atom. The van der Waals surface area contributed by atoms with E-state index in [4.69, 9.17) is 10.5 Å². The summed E-state index contributed by atoms with van der Waals surface area (Å²) in [6.07, 6.45) is 8.06. The van der Waals surface area contributed by atoms with Gasteiger partial charge < -0.3 is 36.6 Å². The lowest BCUT2D eigenvalue weighted by atomic mass is 9.89. The molecule has 5 amide bonds. The molecule has 6 N–H and O–H groups in total. The van der Waals surface area contributed by atoms with Gasteiger partial charge in [0.1, 0.15) is 6.04 Å². The number of carbonyl (C=O) groups is 4. The van der Waals surface area contributed by atoms with Crippen molar-refractivity contribution in [2.24, 2.45) is 16.9 Å². The van der Waals surface area contributed by atoms with E-state index in [1.54, 1.807) is 13.1 Å². The van der Waals surface area contributed by atoms with Gasteiger partial charge in [-0.1, -0.05) is 26.5 Å². The topological polar surface area (TPSA) is 188 Å². The molecule has 0 radical (unpaired) electrons. The van der Waals surface area contributed by atoms with Crippen LogP contribution in [0, 0.1) is 10.8 Å². The van der Waals surface area contributed by atoms with Gasteiger partial charge in [-0.2, -0.15) is 0 Å². The molecule has 3 rings (SSSR count). The average Bonchev–Trinajstić information content (AvgIpc) is 3.35. The summed E-state index contributed by atoms with van der Waals surface area (Å²) >= 11 is 0. The zero-order valence-corrected chi connectivity index (χ0v) is 28.3. The Morgan fingerprint density at radius 3 is 2.54 bits per heavy atom. The van der Waals surface area contributed by atoms with E-state index in [1.807, 2.05) is 32.0 Å². The fraction of sp³-hybridized carbons (Fsp3) is 0.529. The molecule has 1 saturated carbocycles. The maximum absolute atomic E-state index is 13.9. The number of hydrogen-bond acceptors (Lipinski definition) is 8. The Bertz CT molecular complexity index is 1370. The van der Waals surface area contributed by atoms with Gasteiger partial charge in [0, 0.05) is 49.7 Å². The van der Waals surface area contributed by atoms with Crippen molar-refractivity contribution in [3.63, 3.8) is 0 Å². The lowest BCUT2D eigenvalue weighted by Gasteiger charge is -2.30. The third kappa shape index (κ3) is 11.8. The van der Waals surface area contributed by atoms with Crippen LogP contribution in [-0.2, 0) is 32.1 Å². The van der Waals surface area contributed by atoms with E-state index in [2.05, 4.69) is 33.1 Å². The smallest absolute Gasteiger partial charge is 0.312 e. The van der Waals surface area contributed by atoms with Crippen molar-refractivity contribution in [2.45, 2.75) is 71.4 Å². The Balaban J connectivity index is 1.64. The number of rotatable bonds is 21. The van der Waals surface area contributed by atoms with Crippen LogP contribution >= 0.6 is 0 Å². The number of amides is 5. The Hall–Kier alpha value is -4.72. The fourth-order valence-electron chi connectivity index (χ4n) is 5.52. The van der Waals surface area contributed by atoms with Crippen LogP contribution in [0.25, 0.3) is 0 Å². The molecule has 262 valence electrons. The maximum Gasteiger partial charge on any atom is 0.312 e. The molecular weight excluding hydrogens is 616 g/mol. The van der Waals surface area contributed by atoms with Gasteiger partial charge in [0.25, 0.3) is 5.91 Å². The number of nitrogens with zero attached hydrogens (tertiary/aromatic N) is 3. The molecule has 1 aliphatic heterocycles. The number of hydrogen-bond donors (Lipinski definition) is 5. The van der Waals surface area contributed by atoms with E-state index < -0.39 is 12.1 Å². The van der Waals surface area contributed by atoms with E-state index in [0.29, 0.717) is 43.9 Å². The molecular formula is C34H50N8O6. The van der Waals surface area contributed by atoms with Crippen LogP contribution < -0.4 is 27.0 Å². The monoisotopic (exact) mass is 666 g/mol. The Morgan fingerprint density at radius 2 is 1.92 bits per heavy atom. The summed E-state index contributed by atoms with van der Waals surface area (Å²) in [4.78, 5) is 62.1. The summed E-state index contributed by atoms with van der Waals surface area (Å²) in [6, 6.07) is 4.40. The maximum atomic E-state index is 13.9. The number of nitrogens with two attached hydrogens (primary N) is 1. The SMILES string of the molecule is C=C1C=CC(=O)N1CCOCCC(=O)NCC(NC(C(=O)Nc1ccc(CC)c(CN(C)N=O)c1)C(C)CCCNC(N)=O)=C1CCC1. The quantitative estimate of drug-likeness (QED) is 0.0751. The van der Waals surface area contributed by atoms with E-state index in [9.17, 15) is 24.1 Å². The first-order valence-electron chi connectivity index (χ1n) is 16.5. The minimum Gasteiger partial charge on any atom is -0.379 e. The molecule has 1 fully saturated rings. The number of ether oxygens (including phenoxy) is 1. The van der Waals surface area contributed by atoms with E-state index in [1.165, 1.54) is 16.0 Å². The van der Waals surface area contributed by atoms with Crippen LogP contribution in [0.3, 0.4) is 0 Å². The molecule has 1 heterocycles. The summed E-state index contributed by atoms with van der Waals surface area (Å²) in [5.74, 6) is -0.711. The summed E-state index contributed by atoms with van der Waals surface area (Å²) < 4.78 is 5.58. The molecule has 0 bridgehead atoms. The van der Waals surface area contributed by atoms with Gasteiger partial charge in [-0.25, -0.2) is 4.79 Å². The number of aryl methyl sites for hydroxylation is 1. The van der Waals surface area contributed by atoms with E-state index in [-0.39, 0.29) is 49.8 Å². The normalized spacial score (nSPS) is 15.0.